The van der Waals surface area contributed by atoms with Crippen LogP contribution in [0.1, 0.15) is 29.5 Å². The average molecular weight is 393 g/mol. The molecule has 0 spiro atoms. The van der Waals surface area contributed by atoms with Crippen LogP contribution in [0.25, 0.3) is 0 Å². The van der Waals surface area contributed by atoms with Gasteiger partial charge in [-0.05, 0) is 44.9 Å². The van der Waals surface area contributed by atoms with Crippen molar-refractivity contribution in [3.63, 3.8) is 0 Å². The molecule has 0 saturated heterocycles. The van der Waals surface area contributed by atoms with Gasteiger partial charge in [0.25, 0.3) is 0 Å². The van der Waals surface area contributed by atoms with Crippen LogP contribution in [-0.4, -0.2) is 36.2 Å². The number of halogens is 1. The average Bonchev–Trinajstić information content (AvgIpc) is 2.88. The number of benzene rings is 1. The zero-order valence-corrected chi connectivity index (χ0v) is 16.4. The first-order valence-corrected chi connectivity index (χ1v) is 8.96. The first kappa shape index (κ1) is 18.5. The molecule has 0 aliphatic carbocycles. The van der Waals surface area contributed by atoms with E-state index in [0.29, 0.717) is 6.54 Å². The lowest BCUT2D eigenvalue weighted by atomic mass is 10.1. The molecular formula is C18H25BrN4O. The summed E-state index contributed by atoms with van der Waals surface area (Å²) in [6.45, 7) is 8.36. The first-order valence-electron chi connectivity index (χ1n) is 8.17. The standard InChI is InChI=1S/C18H25BrN4O/c1-5-20-18(21-11-10-17-13(2)22-24-14(17)3)23(4)12-15-6-8-16(19)9-7-15/h6-9H,5,10-12H2,1-4H3,(H,20,21). The van der Waals surface area contributed by atoms with E-state index in [9.17, 15) is 0 Å². The highest BCUT2D eigenvalue weighted by Crippen LogP contribution is 2.13. The second kappa shape index (κ2) is 8.87. The van der Waals surface area contributed by atoms with Crippen LogP contribution in [0.2, 0.25) is 0 Å². The summed E-state index contributed by atoms with van der Waals surface area (Å²) in [6, 6.07) is 8.36. The molecule has 130 valence electrons. The summed E-state index contributed by atoms with van der Waals surface area (Å²) in [4.78, 5) is 6.88. The molecule has 0 radical (unpaired) electrons. The number of nitrogens with one attached hydrogen (secondary N) is 1. The molecule has 0 unspecified atom stereocenters. The van der Waals surface area contributed by atoms with Crippen molar-refractivity contribution in [3.8, 4) is 0 Å². The molecule has 2 aromatic rings. The number of rotatable bonds is 6. The van der Waals surface area contributed by atoms with Crippen LogP contribution in [0, 0.1) is 13.8 Å². The van der Waals surface area contributed by atoms with Gasteiger partial charge in [-0.25, -0.2) is 0 Å². The highest BCUT2D eigenvalue weighted by atomic mass is 79.9. The van der Waals surface area contributed by atoms with Crippen molar-refractivity contribution in [2.24, 2.45) is 4.99 Å². The summed E-state index contributed by atoms with van der Waals surface area (Å²) in [5, 5.41) is 7.35. The molecule has 2 rings (SSSR count). The van der Waals surface area contributed by atoms with Crippen LogP contribution in [-0.2, 0) is 13.0 Å². The van der Waals surface area contributed by atoms with Gasteiger partial charge in [-0.1, -0.05) is 33.2 Å². The number of hydrogen-bond acceptors (Lipinski definition) is 3. The van der Waals surface area contributed by atoms with Crippen molar-refractivity contribution in [1.29, 1.82) is 0 Å². The quantitative estimate of drug-likeness (QED) is 0.601. The zero-order valence-electron chi connectivity index (χ0n) is 14.8. The molecule has 0 saturated carbocycles. The Balaban J connectivity index is 2.00. The minimum Gasteiger partial charge on any atom is -0.361 e. The van der Waals surface area contributed by atoms with Gasteiger partial charge in [-0.3, -0.25) is 4.99 Å². The minimum atomic E-state index is 0.704. The van der Waals surface area contributed by atoms with Gasteiger partial charge in [-0.15, -0.1) is 0 Å². The van der Waals surface area contributed by atoms with Crippen LogP contribution in [0.3, 0.4) is 0 Å². The van der Waals surface area contributed by atoms with Crippen molar-refractivity contribution >= 4 is 21.9 Å². The molecule has 0 fully saturated rings. The number of aryl methyl sites for hydroxylation is 2. The van der Waals surface area contributed by atoms with E-state index in [2.05, 4.69) is 69.5 Å². The lowest BCUT2D eigenvalue weighted by molar-refractivity contribution is 0.392. The largest absolute Gasteiger partial charge is 0.361 e. The molecule has 1 aromatic heterocycles. The van der Waals surface area contributed by atoms with Crippen LogP contribution in [0.15, 0.2) is 38.3 Å². The number of nitrogens with zero attached hydrogens (tertiary/aromatic N) is 3. The second-order valence-electron chi connectivity index (χ2n) is 5.77. The van der Waals surface area contributed by atoms with Crippen LogP contribution < -0.4 is 5.32 Å². The van der Waals surface area contributed by atoms with Gasteiger partial charge in [-0.2, -0.15) is 0 Å². The van der Waals surface area contributed by atoms with Gasteiger partial charge in [0, 0.05) is 36.7 Å². The summed E-state index contributed by atoms with van der Waals surface area (Å²) < 4.78 is 6.30. The van der Waals surface area contributed by atoms with E-state index in [0.717, 1.165) is 47.0 Å². The Kier molecular flexibility index (Phi) is 6.85. The Labute approximate surface area is 152 Å². The molecule has 0 bridgehead atoms. The Morgan fingerprint density at radius 2 is 2.00 bits per heavy atom. The third-order valence-corrected chi connectivity index (χ3v) is 4.36. The summed E-state index contributed by atoms with van der Waals surface area (Å²) >= 11 is 3.47. The first-order chi connectivity index (χ1) is 11.5. The molecule has 1 aromatic carbocycles. The zero-order chi connectivity index (χ0) is 17.5. The monoisotopic (exact) mass is 392 g/mol. The molecule has 1 N–H and O–H groups in total. The molecule has 0 aliphatic heterocycles. The van der Waals surface area contributed by atoms with Gasteiger partial charge >= 0.3 is 0 Å². The summed E-state index contributed by atoms with van der Waals surface area (Å²) in [5.41, 5.74) is 3.36. The lowest BCUT2D eigenvalue weighted by Gasteiger charge is -2.22. The molecular weight excluding hydrogens is 368 g/mol. The van der Waals surface area contributed by atoms with Crippen LogP contribution in [0.5, 0.6) is 0 Å². The van der Waals surface area contributed by atoms with Gasteiger partial charge in [0.05, 0.1) is 5.69 Å². The third kappa shape index (κ3) is 5.09. The van der Waals surface area contributed by atoms with Crippen molar-refractivity contribution in [3.05, 3.63) is 51.3 Å². The van der Waals surface area contributed by atoms with E-state index in [-0.39, 0.29) is 0 Å². The maximum atomic E-state index is 5.21. The predicted octanol–water partition coefficient (Wildman–Crippen LogP) is 3.69. The van der Waals surface area contributed by atoms with Gasteiger partial charge in [0.15, 0.2) is 5.96 Å². The fourth-order valence-electron chi connectivity index (χ4n) is 2.54. The van der Waals surface area contributed by atoms with Crippen LogP contribution in [0.4, 0.5) is 0 Å². The van der Waals surface area contributed by atoms with E-state index >= 15 is 0 Å². The summed E-state index contributed by atoms with van der Waals surface area (Å²) in [5.74, 6) is 1.79. The van der Waals surface area contributed by atoms with Gasteiger partial charge < -0.3 is 14.7 Å². The molecule has 0 atom stereocenters. The van der Waals surface area contributed by atoms with Gasteiger partial charge in [0.2, 0.25) is 0 Å². The predicted molar refractivity (Wildman–Crippen MR) is 101 cm³/mol. The Bertz CT molecular complexity index is 659. The maximum absolute atomic E-state index is 5.21. The normalized spacial score (nSPS) is 11.6. The van der Waals surface area contributed by atoms with Crippen molar-refractivity contribution in [2.45, 2.75) is 33.7 Å². The van der Waals surface area contributed by atoms with E-state index in [1.807, 2.05) is 13.8 Å². The van der Waals surface area contributed by atoms with Crippen LogP contribution >= 0.6 is 15.9 Å². The summed E-state index contributed by atoms with van der Waals surface area (Å²) in [6.07, 6.45) is 0.836. The highest BCUT2D eigenvalue weighted by molar-refractivity contribution is 9.10. The number of guanidine groups is 1. The third-order valence-electron chi connectivity index (χ3n) is 3.83. The van der Waals surface area contributed by atoms with Gasteiger partial charge in [0.1, 0.15) is 5.76 Å². The van der Waals surface area contributed by atoms with Crippen molar-refractivity contribution in [2.75, 3.05) is 20.1 Å². The molecule has 6 heteroatoms. The van der Waals surface area contributed by atoms with Crippen molar-refractivity contribution < 1.29 is 4.52 Å². The molecule has 5 nitrogen and oxygen atoms in total. The lowest BCUT2D eigenvalue weighted by Crippen LogP contribution is -2.38. The molecule has 24 heavy (non-hydrogen) atoms. The minimum absolute atomic E-state index is 0.704. The number of aromatic nitrogens is 1. The number of aliphatic imine (C=N–C) groups is 1. The summed E-state index contributed by atoms with van der Waals surface area (Å²) in [7, 11) is 2.06. The Morgan fingerprint density at radius 1 is 1.29 bits per heavy atom. The molecule has 0 amide bonds. The Hall–Kier alpha value is -1.82. The fraction of sp³-hybridized carbons (Fsp3) is 0.444. The number of hydrogen-bond donors (Lipinski definition) is 1. The molecule has 1 heterocycles. The van der Waals surface area contributed by atoms with E-state index < -0.39 is 0 Å². The van der Waals surface area contributed by atoms with E-state index in [1.165, 1.54) is 5.56 Å². The fourth-order valence-corrected chi connectivity index (χ4v) is 2.80. The Morgan fingerprint density at radius 3 is 2.58 bits per heavy atom. The SMILES string of the molecule is CCNC(=NCCc1c(C)noc1C)N(C)Cc1ccc(Br)cc1. The van der Waals surface area contributed by atoms with Crippen molar-refractivity contribution in [1.82, 2.24) is 15.4 Å². The smallest absolute Gasteiger partial charge is 0.193 e. The topological polar surface area (TPSA) is 53.7 Å². The van der Waals surface area contributed by atoms with E-state index in [1.54, 1.807) is 0 Å². The maximum Gasteiger partial charge on any atom is 0.193 e. The molecule has 0 aliphatic rings. The highest BCUT2D eigenvalue weighted by Gasteiger charge is 2.10. The van der Waals surface area contributed by atoms with E-state index in [4.69, 9.17) is 9.52 Å². The second-order valence-corrected chi connectivity index (χ2v) is 6.69.